The van der Waals surface area contributed by atoms with Gasteiger partial charge in [0.1, 0.15) is 5.75 Å². The Morgan fingerprint density at radius 1 is 1.12 bits per heavy atom. The van der Waals surface area contributed by atoms with Crippen LogP contribution in [0.3, 0.4) is 0 Å². The number of aromatic hydroxyl groups is 1. The number of aldehydes is 1. The third kappa shape index (κ3) is 1.80. The van der Waals surface area contributed by atoms with Gasteiger partial charge in [-0.3, -0.25) is 19.7 Å². The molecule has 1 aliphatic heterocycles. The molecule has 0 bridgehead atoms. The van der Waals surface area contributed by atoms with Gasteiger partial charge in [0.15, 0.2) is 6.29 Å². The van der Waals surface area contributed by atoms with Crippen LogP contribution in [0.2, 0.25) is 0 Å². The number of nitrogens with zero attached hydrogens (tertiary/aromatic N) is 1. The summed E-state index contributed by atoms with van der Waals surface area (Å²) in [5.74, 6) is -0.959. The Kier molecular flexibility index (Phi) is 2.83. The quantitative estimate of drug-likeness (QED) is 0.560. The third-order valence-electron chi connectivity index (χ3n) is 4.27. The number of rotatable bonds is 2. The average molecular weight is 320 g/mol. The van der Waals surface area contributed by atoms with Crippen molar-refractivity contribution in [3.8, 4) is 16.9 Å². The van der Waals surface area contributed by atoms with Crippen LogP contribution in [-0.2, 0) is 7.05 Å². The number of phenols is 1. The molecule has 6 heteroatoms. The molecule has 118 valence electrons. The Morgan fingerprint density at radius 3 is 2.58 bits per heavy atom. The number of benzene rings is 2. The van der Waals surface area contributed by atoms with E-state index in [0.29, 0.717) is 33.9 Å². The minimum Gasteiger partial charge on any atom is -0.508 e. The molecule has 3 aromatic rings. The number of aryl methyl sites for hydroxylation is 1. The lowest BCUT2D eigenvalue weighted by molar-refractivity contribution is 0.0880. The smallest absolute Gasteiger partial charge is 0.259 e. The molecule has 0 spiro atoms. The summed E-state index contributed by atoms with van der Waals surface area (Å²) in [6.45, 7) is 0. The van der Waals surface area contributed by atoms with Gasteiger partial charge < -0.3 is 9.67 Å². The molecule has 2 amide bonds. The highest BCUT2D eigenvalue weighted by molar-refractivity contribution is 6.30. The largest absolute Gasteiger partial charge is 0.508 e. The molecule has 2 heterocycles. The normalized spacial score (nSPS) is 13.2. The zero-order valence-corrected chi connectivity index (χ0v) is 12.7. The minimum atomic E-state index is -0.517. The summed E-state index contributed by atoms with van der Waals surface area (Å²) in [7, 11) is 1.77. The molecule has 4 rings (SSSR count). The summed E-state index contributed by atoms with van der Waals surface area (Å²) < 4.78 is 1.74. The van der Waals surface area contributed by atoms with E-state index in [1.165, 1.54) is 12.1 Å². The van der Waals surface area contributed by atoms with Gasteiger partial charge in [-0.1, -0.05) is 12.1 Å². The zero-order chi connectivity index (χ0) is 17.0. The molecule has 0 saturated heterocycles. The Hall–Kier alpha value is -3.41. The molecule has 0 atom stereocenters. The molecule has 6 nitrogen and oxygen atoms in total. The Morgan fingerprint density at radius 2 is 1.88 bits per heavy atom. The fourth-order valence-electron chi connectivity index (χ4n) is 3.26. The fraction of sp³-hybridized carbons (Fsp3) is 0.0556. The first kappa shape index (κ1) is 14.2. The molecule has 0 aliphatic carbocycles. The van der Waals surface area contributed by atoms with Crippen molar-refractivity contribution in [2.45, 2.75) is 0 Å². The lowest BCUT2D eigenvalue weighted by Crippen LogP contribution is -2.20. The molecule has 0 fully saturated rings. The van der Waals surface area contributed by atoms with E-state index >= 15 is 0 Å². The summed E-state index contributed by atoms with van der Waals surface area (Å²) in [6.07, 6.45) is 2.30. The van der Waals surface area contributed by atoms with Crippen molar-refractivity contribution >= 4 is 29.0 Å². The van der Waals surface area contributed by atoms with Crippen LogP contribution in [0.5, 0.6) is 5.75 Å². The topological polar surface area (TPSA) is 88.4 Å². The lowest BCUT2D eigenvalue weighted by atomic mass is 9.92. The molecular weight excluding hydrogens is 308 g/mol. The molecule has 2 N–H and O–H groups in total. The van der Waals surface area contributed by atoms with E-state index in [4.69, 9.17) is 0 Å². The van der Waals surface area contributed by atoms with Crippen molar-refractivity contribution in [2.24, 2.45) is 7.05 Å². The van der Waals surface area contributed by atoms with Gasteiger partial charge in [-0.05, 0) is 29.3 Å². The van der Waals surface area contributed by atoms with Crippen molar-refractivity contribution in [2.75, 3.05) is 0 Å². The number of hydrogen-bond acceptors (Lipinski definition) is 4. The van der Waals surface area contributed by atoms with Crippen LogP contribution in [0.25, 0.3) is 22.0 Å². The van der Waals surface area contributed by atoms with Crippen LogP contribution in [0, 0.1) is 0 Å². The standard InChI is InChI=1S/C18H12N2O4/c1-20-7-10(8-21)14-13(20)6-12(9-3-2-4-11(22)5-9)15-16(14)18(24)19-17(15)23/h2-8,22H,1H3,(H,19,23,24). The van der Waals surface area contributed by atoms with Crippen molar-refractivity contribution in [1.29, 1.82) is 0 Å². The number of imide groups is 1. The summed E-state index contributed by atoms with van der Waals surface area (Å²) in [5.41, 5.74) is 2.61. The van der Waals surface area contributed by atoms with E-state index in [0.717, 1.165) is 0 Å². The molecular formula is C18H12N2O4. The first-order valence-electron chi connectivity index (χ1n) is 7.27. The Balaban J connectivity index is 2.19. The van der Waals surface area contributed by atoms with Gasteiger partial charge in [-0.2, -0.15) is 0 Å². The fourth-order valence-corrected chi connectivity index (χ4v) is 3.26. The highest BCUT2D eigenvalue weighted by Gasteiger charge is 2.34. The lowest BCUT2D eigenvalue weighted by Gasteiger charge is -2.09. The molecule has 24 heavy (non-hydrogen) atoms. The van der Waals surface area contributed by atoms with Crippen molar-refractivity contribution in [3.05, 3.63) is 53.2 Å². The number of hydrogen-bond donors (Lipinski definition) is 2. The minimum absolute atomic E-state index is 0.0616. The van der Waals surface area contributed by atoms with Gasteiger partial charge in [-0.25, -0.2) is 0 Å². The van der Waals surface area contributed by atoms with Crippen LogP contribution < -0.4 is 5.32 Å². The van der Waals surface area contributed by atoms with Crippen LogP contribution >= 0.6 is 0 Å². The number of fused-ring (bicyclic) bond motifs is 3. The number of carbonyl (C=O) groups excluding carboxylic acids is 3. The highest BCUT2D eigenvalue weighted by Crippen LogP contribution is 2.37. The Bertz CT molecular complexity index is 1060. The van der Waals surface area contributed by atoms with Crippen LogP contribution in [0.4, 0.5) is 0 Å². The number of phenolic OH excluding ortho intramolecular Hbond substituents is 1. The van der Waals surface area contributed by atoms with Crippen molar-refractivity contribution in [1.82, 2.24) is 9.88 Å². The second-order valence-electron chi connectivity index (χ2n) is 5.72. The van der Waals surface area contributed by atoms with Gasteiger partial charge >= 0.3 is 0 Å². The molecule has 1 aromatic heterocycles. The van der Waals surface area contributed by atoms with E-state index in [2.05, 4.69) is 5.32 Å². The van der Waals surface area contributed by atoms with Gasteiger partial charge in [-0.15, -0.1) is 0 Å². The van der Waals surface area contributed by atoms with Gasteiger partial charge in [0, 0.05) is 29.7 Å². The van der Waals surface area contributed by atoms with Crippen molar-refractivity contribution < 1.29 is 19.5 Å². The van der Waals surface area contributed by atoms with Gasteiger partial charge in [0.25, 0.3) is 11.8 Å². The van der Waals surface area contributed by atoms with E-state index in [1.54, 1.807) is 36.0 Å². The second kappa shape index (κ2) is 4.79. The average Bonchev–Trinajstić information content (AvgIpc) is 3.04. The van der Waals surface area contributed by atoms with Gasteiger partial charge in [0.05, 0.1) is 11.1 Å². The first-order chi connectivity index (χ1) is 11.5. The second-order valence-corrected chi connectivity index (χ2v) is 5.72. The summed E-state index contributed by atoms with van der Waals surface area (Å²) >= 11 is 0. The number of nitrogens with one attached hydrogen (secondary N) is 1. The van der Waals surface area contributed by atoms with Crippen molar-refractivity contribution in [3.63, 3.8) is 0 Å². The maximum absolute atomic E-state index is 12.3. The van der Waals surface area contributed by atoms with Crippen LogP contribution in [0.15, 0.2) is 36.5 Å². The highest BCUT2D eigenvalue weighted by atomic mass is 16.3. The number of aromatic nitrogens is 1. The molecule has 0 unspecified atom stereocenters. The number of amides is 2. The predicted octanol–water partition coefficient (Wildman–Crippen LogP) is 2.25. The molecule has 1 aliphatic rings. The third-order valence-corrected chi connectivity index (χ3v) is 4.27. The van der Waals surface area contributed by atoms with E-state index < -0.39 is 11.8 Å². The van der Waals surface area contributed by atoms with E-state index in [-0.39, 0.29) is 16.9 Å². The monoisotopic (exact) mass is 320 g/mol. The van der Waals surface area contributed by atoms with E-state index in [9.17, 15) is 19.5 Å². The SMILES string of the molecule is Cn1cc(C=O)c2c3c(c(-c4cccc(O)c4)cc21)C(=O)NC3=O. The first-order valence-corrected chi connectivity index (χ1v) is 7.27. The number of carbonyl (C=O) groups is 3. The maximum Gasteiger partial charge on any atom is 0.259 e. The maximum atomic E-state index is 12.3. The summed E-state index contributed by atoms with van der Waals surface area (Å²) in [4.78, 5) is 36.0. The molecule has 0 radical (unpaired) electrons. The Labute approximate surface area is 136 Å². The summed E-state index contributed by atoms with van der Waals surface area (Å²) in [5, 5.41) is 12.5. The zero-order valence-electron chi connectivity index (χ0n) is 12.7. The van der Waals surface area contributed by atoms with E-state index in [1.807, 2.05) is 0 Å². The predicted molar refractivity (Wildman–Crippen MR) is 87.2 cm³/mol. The summed E-state index contributed by atoms with van der Waals surface area (Å²) in [6, 6.07) is 8.23. The molecule has 2 aromatic carbocycles. The van der Waals surface area contributed by atoms with Gasteiger partial charge in [0.2, 0.25) is 0 Å². The molecule has 0 saturated carbocycles. The van der Waals surface area contributed by atoms with Crippen LogP contribution in [-0.4, -0.2) is 27.8 Å². The van der Waals surface area contributed by atoms with Crippen LogP contribution in [0.1, 0.15) is 31.1 Å².